The first-order valence-corrected chi connectivity index (χ1v) is 7.74. The molecule has 0 aliphatic heterocycles. The molecule has 1 aromatic carbocycles. The highest BCUT2D eigenvalue weighted by atomic mass is 15.1. The molecule has 1 N–H and O–H groups in total. The van der Waals surface area contributed by atoms with Gasteiger partial charge in [-0.15, -0.1) is 0 Å². The lowest BCUT2D eigenvalue weighted by molar-refractivity contribution is 0.321. The summed E-state index contributed by atoms with van der Waals surface area (Å²) in [5, 5.41) is 12.9. The molecule has 106 valence electrons. The Morgan fingerprint density at radius 3 is 2.70 bits per heavy atom. The van der Waals surface area contributed by atoms with Crippen molar-refractivity contribution in [3.63, 3.8) is 0 Å². The molecule has 0 bridgehead atoms. The number of anilines is 1. The van der Waals surface area contributed by atoms with Crippen LogP contribution in [0.25, 0.3) is 0 Å². The maximum atomic E-state index is 9.39. The minimum absolute atomic E-state index is 0.710. The van der Waals surface area contributed by atoms with Gasteiger partial charge in [0.1, 0.15) is 6.07 Å². The molecule has 3 nitrogen and oxygen atoms in total. The molecule has 20 heavy (non-hydrogen) atoms. The zero-order valence-corrected chi connectivity index (χ0v) is 12.2. The minimum atomic E-state index is 0.710. The quantitative estimate of drug-likeness (QED) is 0.862. The first-order valence-electron chi connectivity index (χ1n) is 7.74. The first kappa shape index (κ1) is 13.5. The number of hydrogen-bond donors (Lipinski definition) is 1. The predicted octanol–water partition coefficient (Wildman–Crippen LogP) is 3.05. The van der Waals surface area contributed by atoms with Crippen LogP contribution in [0.5, 0.6) is 0 Å². The van der Waals surface area contributed by atoms with Crippen LogP contribution in [0.4, 0.5) is 5.69 Å². The SMILES string of the molecule is CN(CC1CCC1)c1ccc(CNC2CC2)cc1C#N. The molecular weight excluding hydrogens is 246 g/mol. The van der Waals surface area contributed by atoms with Crippen molar-refractivity contribution in [2.24, 2.45) is 5.92 Å². The summed E-state index contributed by atoms with van der Waals surface area (Å²) in [6.07, 6.45) is 6.65. The fourth-order valence-corrected chi connectivity index (χ4v) is 2.83. The van der Waals surface area contributed by atoms with Crippen molar-refractivity contribution in [1.82, 2.24) is 5.32 Å². The highest BCUT2D eigenvalue weighted by molar-refractivity contribution is 5.60. The number of nitriles is 1. The summed E-state index contributed by atoms with van der Waals surface area (Å²) >= 11 is 0. The Balaban J connectivity index is 1.67. The van der Waals surface area contributed by atoms with Crippen molar-refractivity contribution in [3.8, 4) is 6.07 Å². The molecule has 2 fully saturated rings. The third-order valence-electron chi connectivity index (χ3n) is 4.52. The summed E-state index contributed by atoms with van der Waals surface area (Å²) in [7, 11) is 2.11. The van der Waals surface area contributed by atoms with Gasteiger partial charge in [0, 0.05) is 26.2 Å². The molecule has 1 aromatic rings. The maximum absolute atomic E-state index is 9.39. The second-order valence-corrected chi connectivity index (χ2v) is 6.30. The number of benzene rings is 1. The number of rotatable bonds is 6. The molecule has 2 aliphatic carbocycles. The van der Waals surface area contributed by atoms with Crippen molar-refractivity contribution >= 4 is 5.69 Å². The normalized spacial score (nSPS) is 18.4. The van der Waals surface area contributed by atoms with Crippen LogP contribution in [0.2, 0.25) is 0 Å². The smallest absolute Gasteiger partial charge is 0.101 e. The van der Waals surface area contributed by atoms with Gasteiger partial charge in [-0.05, 0) is 49.3 Å². The van der Waals surface area contributed by atoms with E-state index in [1.807, 2.05) is 6.07 Å². The summed E-state index contributed by atoms with van der Waals surface area (Å²) < 4.78 is 0. The van der Waals surface area contributed by atoms with Gasteiger partial charge in [0.15, 0.2) is 0 Å². The van der Waals surface area contributed by atoms with E-state index in [2.05, 4.69) is 35.5 Å². The molecule has 0 aromatic heterocycles. The van der Waals surface area contributed by atoms with Gasteiger partial charge in [-0.25, -0.2) is 0 Å². The van der Waals surface area contributed by atoms with Crippen LogP contribution in [0.15, 0.2) is 18.2 Å². The van der Waals surface area contributed by atoms with Gasteiger partial charge in [0.2, 0.25) is 0 Å². The zero-order chi connectivity index (χ0) is 13.9. The Kier molecular flexibility index (Phi) is 3.93. The van der Waals surface area contributed by atoms with Gasteiger partial charge in [0.25, 0.3) is 0 Å². The Hall–Kier alpha value is -1.53. The molecule has 0 saturated heterocycles. The summed E-state index contributed by atoms with van der Waals surface area (Å²) in [5.74, 6) is 0.822. The van der Waals surface area contributed by atoms with Crippen LogP contribution < -0.4 is 10.2 Å². The van der Waals surface area contributed by atoms with Gasteiger partial charge >= 0.3 is 0 Å². The number of hydrogen-bond acceptors (Lipinski definition) is 3. The average Bonchev–Trinajstić information content (AvgIpc) is 3.24. The fraction of sp³-hybridized carbons (Fsp3) is 0.588. The summed E-state index contributed by atoms with van der Waals surface area (Å²) in [6, 6.07) is 9.38. The largest absolute Gasteiger partial charge is 0.373 e. The van der Waals surface area contributed by atoms with E-state index in [1.54, 1.807) is 0 Å². The van der Waals surface area contributed by atoms with Gasteiger partial charge < -0.3 is 10.2 Å². The van der Waals surface area contributed by atoms with E-state index in [-0.39, 0.29) is 0 Å². The molecule has 0 atom stereocenters. The number of nitrogens with zero attached hydrogens (tertiary/aromatic N) is 2. The number of nitrogens with one attached hydrogen (secondary N) is 1. The van der Waals surface area contributed by atoms with Gasteiger partial charge in [-0.3, -0.25) is 0 Å². The fourth-order valence-electron chi connectivity index (χ4n) is 2.83. The van der Waals surface area contributed by atoms with Gasteiger partial charge in [-0.1, -0.05) is 12.5 Å². The van der Waals surface area contributed by atoms with E-state index >= 15 is 0 Å². The molecule has 2 saturated carbocycles. The highest BCUT2D eigenvalue weighted by Gasteiger charge is 2.21. The zero-order valence-electron chi connectivity index (χ0n) is 12.2. The van der Waals surface area contributed by atoms with Gasteiger partial charge in [0.05, 0.1) is 11.3 Å². The Morgan fingerprint density at radius 1 is 1.30 bits per heavy atom. The second-order valence-electron chi connectivity index (χ2n) is 6.30. The molecule has 0 radical (unpaired) electrons. The second kappa shape index (κ2) is 5.85. The molecule has 2 aliphatic rings. The van der Waals surface area contributed by atoms with Crippen LogP contribution in [0, 0.1) is 17.2 Å². The standard InChI is InChI=1S/C17H23N3/c1-20(12-13-3-2-4-13)17-8-5-14(9-15(17)10-18)11-19-16-6-7-16/h5,8-9,13,16,19H,2-4,6-7,11-12H2,1H3. The van der Waals surface area contributed by atoms with Crippen LogP contribution >= 0.6 is 0 Å². The van der Waals surface area contributed by atoms with Crippen molar-refractivity contribution in [3.05, 3.63) is 29.3 Å². The molecular formula is C17H23N3. The molecule has 3 rings (SSSR count). The Labute approximate surface area is 121 Å². The molecule has 0 heterocycles. The van der Waals surface area contributed by atoms with E-state index in [0.29, 0.717) is 6.04 Å². The van der Waals surface area contributed by atoms with Crippen molar-refractivity contribution < 1.29 is 0 Å². The third kappa shape index (κ3) is 3.13. The summed E-state index contributed by atoms with van der Waals surface area (Å²) in [6.45, 7) is 1.96. The predicted molar refractivity (Wildman–Crippen MR) is 81.6 cm³/mol. The van der Waals surface area contributed by atoms with E-state index in [1.165, 1.54) is 37.7 Å². The minimum Gasteiger partial charge on any atom is -0.373 e. The van der Waals surface area contributed by atoms with Crippen LogP contribution in [-0.2, 0) is 6.54 Å². The van der Waals surface area contributed by atoms with Crippen molar-refractivity contribution in [2.45, 2.75) is 44.7 Å². The molecule has 0 unspecified atom stereocenters. The highest BCUT2D eigenvalue weighted by Crippen LogP contribution is 2.29. The Morgan fingerprint density at radius 2 is 2.10 bits per heavy atom. The lowest BCUT2D eigenvalue weighted by atomic mass is 9.85. The van der Waals surface area contributed by atoms with Crippen LogP contribution in [0.3, 0.4) is 0 Å². The third-order valence-corrected chi connectivity index (χ3v) is 4.52. The lowest BCUT2D eigenvalue weighted by Gasteiger charge is -2.31. The maximum Gasteiger partial charge on any atom is 0.101 e. The van der Waals surface area contributed by atoms with E-state index in [9.17, 15) is 5.26 Å². The molecule has 3 heteroatoms. The molecule has 0 spiro atoms. The van der Waals surface area contributed by atoms with Crippen LogP contribution in [0.1, 0.15) is 43.2 Å². The monoisotopic (exact) mass is 269 g/mol. The average molecular weight is 269 g/mol. The summed E-state index contributed by atoms with van der Waals surface area (Å²) in [5.41, 5.74) is 3.10. The van der Waals surface area contributed by atoms with E-state index in [4.69, 9.17) is 0 Å². The van der Waals surface area contributed by atoms with E-state index < -0.39 is 0 Å². The topological polar surface area (TPSA) is 39.1 Å². The van der Waals surface area contributed by atoms with E-state index in [0.717, 1.165) is 30.3 Å². The lowest BCUT2D eigenvalue weighted by Crippen LogP contribution is -2.29. The summed E-state index contributed by atoms with van der Waals surface area (Å²) in [4.78, 5) is 2.25. The molecule has 0 amide bonds. The van der Waals surface area contributed by atoms with Crippen LogP contribution in [-0.4, -0.2) is 19.6 Å². The van der Waals surface area contributed by atoms with Gasteiger partial charge in [-0.2, -0.15) is 5.26 Å². The van der Waals surface area contributed by atoms with Crippen molar-refractivity contribution in [1.29, 1.82) is 5.26 Å². The first-order chi connectivity index (χ1) is 9.76. The Bertz CT molecular complexity index is 509. The van der Waals surface area contributed by atoms with Crippen molar-refractivity contribution in [2.75, 3.05) is 18.5 Å².